The highest BCUT2D eigenvalue weighted by Gasteiger charge is 2.57. The lowest BCUT2D eigenvalue weighted by atomic mass is 10.0. The van der Waals surface area contributed by atoms with E-state index in [1.165, 1.54) is 0 Å². The second-order valence-corrected chi connectivity index (χ2v) is 5.03. The van der Waals surface area contributed by atoms with Crippen LogP contribution in [-0.4, -0.2) is 24.2 Å². The fourth-order valence-corrected chi connectivity index (χ4v) is 1.68. The number of alkyl halides is 10. The molecule has 0 rings (SSSR count). The first kappa shape index (κ1) is 21.3. The van der Waals surface area contributed by atoms with Gasteiger partial charge in [0.2, 0.25) is 0 Å². The number of halogens is 10. The summed E-state index contributed by atoms with van der Waals surface area (Å²) in [6.07, 6.45) is -14.3. The predicted molar refractivity (Wildman–Crippen MR) is 58.9 cm³/mol. The van der Waals surface area contributed by atoms with Gasteiger partial charge in [0.05, 0.1) is 0 Å². The van der Waals surface area contributed by atoms with E-state index in [-0.39, 0.29) is 25.7 Å². The van der Waals surface area contributed by atoms with Crippen LogP contribution >= 0.6 is 0 Å². The zero-order valence-corrected chi connectivity index (χ0v) is 11.4. The average Bonchev–Trinajstić information content (AvgIpc) is 2.29. The molecule has 0 saturated heterocycles. The van der Waals surface area contributed by atoms with Gasteiger partial charge in [-0.3, -0.25) is 0 Å². The van der Waals surface area contributed by atoms with Crippen LogP contribution in [0.25, 0.3) is 0 Å². The Hall–Kier alpha value is -0.700. The third-order valence-corrected chi connectivity index (χ3v) is 3.06. The standard InChI is InChI=1S/C12H16F10/c13-9(14,11(17,18)19)7-5-3-1-2-4-6-8-10(15,16)12(20,21)22/h1-8H2. The Kier molecular flexibility index (Phi) is 7.47. The summed E-state index contributed by atoms with van der Waals surface area (Å²) in [5.41, 5.74) is 0. The van der Waals surface area contributed by atoms with Gasteiger partial charge in [-0.15, -0.1) is 0 Å². The summed E-state index contributed by atoms with van der Waals surface area (Å²) in [4.78, 5) is 0. The molecule has 22 heavy (non-hydrogen) atoms. The van der Waals surface area contributed by atoms with Crippen LogP contribution in [0.5, 0.6) is 0 Å². The Morgan fingerprint density at radius 1 is 0.364 bits per heavy atom. The third kappa shape index (κ3) is 7.04. The van der Waals surface area contributed by atoms with Gasteiger partial charge in [0.25, 0.3) is 0 Å². The Morgan fingerprint density at radius 2 is 0.591 bits per heavy atom. The molecule has 0 fully saturated rings. The molecule has 0 aliphatic heterocycles. The summed E-state index contributed by atoms with van der Waals surface area (Å²) >= 11 is 0. The molecule has 10 heteroatoms. The lowest BCUT2D eigenvalue weighted by Gasteiger charge is -2.19. The van der Waals surface area contributed by atoms with Crippen molar-refractivity contribution in [2.24, 2.45) is 0 Å². The summed E-state index contributed by atoms with van der Waals surface area (Å²) in [6, 6.07) is 0. The highest BCUT2D eigenvalue weighted by molar-refractivity contribution is 4.76. The average molecular weight is 350 g/mol. The summed E-state index contributed by atoms with van der Waals surface area (Å²) in [7, 11) is 0. The Labute approximate surface area is 120 Å². The van der Waals surface area contributed by atoms with E-state index in [1.807, 2.05) is 0 Å². The van der Waals surface area contributed by atoms with Gasteiger partial charge in [0.1, 0.15) is 0 Å². The van der Waals surface area contributed by atoms with Crippen molar-refractivity contribution in [2.45, 2.75) is 75.6 Å². The van der Waals surface area contributed by atoms with Crippen molar-refractivity contribution in [3.8, 4) is 0 Å². The largest absolute Gasteiger partial charge is 0.453 e. The quantitative estimate of drug-likeness (QED) is 0.329. The lowest BCUT2D eigenvalue weighted by molar-refractivity contribution is -0.284. The smallest absolute Gasteiger partial charge is 0.196 e. The monoisotopic (exact) mass is 350 g/mol. The van der Waals surface area contributed by atoms with Crippen LogP contribution in [0, 0.1) is 0 Å². The molecule has 0 radical (unpaired) electrons. The third-order valence-electron chi connectivity index (χ3n) is 3.06. The second-order valence-electron chi connectivity index (χ2n) is 5.03. The van der Waals surface area contributed by atoms with Crippen LogP contribution in [0.1, 0.15) is 51.4 Å². The normalized spacial score (nSPS) is 14.5. The first-order valence-electron chi connectivity index (χ1n) is 6.60. The van der Waals surface area contributed by atoms with E-state index in [9.17, 15) is 43.9 Å². The molecule has 0 aromatic carbocycles. The molecule has 0 aliphatic rings. The Morgan fingerprint density at radius 3 is 0.818 bits per heavy atom. The van der Waals surface area contributed by atoms with Crippen LogP contribution in [0.3, 0.4) is 0 Å². The van der Waals surface area contributed by atoms with E-state index < -0.39 is 49.9 Å². The maximum absolute atomic E-state index is 12.5. The van der Waals surface area contributed by atoms with Crippen LogP contribution in [0.4, 0.5) is 43.9 Å². The van der Waals surface area contributed by atoms with E-state index >= 15 is 0 Å². The van der Waals surface area contributed by atoms with E-state index in [0.29, 0.717) is 0 Å². The molecule has 0 N–H and O–H groups in total. The minimum atomic E-state index is -5.60. The summed E-state index contributed by atoms with van der Waals surface area (Å²) < 4.78 is 121. The van der Waals surface area contributed by atoms with Crippen molar-refractivity contribution in [3.05, 3.63) is 0 Å². The summed E-state index contributed by atoms with van der Waals surface area (Å²) in [5, 5.41) is 0. The molecule has 0 bridgehead atoms. The molecule has 0 atom stereocenters. The minimum Gasteiger partial charge on any atom is -0.196 e. The van der Waals surface area contributed by atoms with Crippen LogP contribution < -0.4 is 0 Å². The molecular formula is C12H16F10. The van der Waals surface area contributed by atoms with Gasteiger partial charge < -0.3 is 0 Å². The molecule has 0 aromatic heterocycles. The SMILES string of the molecule is FC(F)(F)C(F)(F)CCCCCCCCC(F)(F)C(F)(F)F. The predicted octanol–water partition coefficient (Wildman–Crippen LogP) is 6.50. The number of rotatable bonds is 9. The first-order chi connectivity index (χ1) is 9.71. The van der Waals surface area contributed by atoms with Crippen LogP contribution in [0.2, 0.25) is 0 Å². The topological polar surface area (TPSA) is 0 Å². The van der Waals surface area contributed by atoms with Gasteiger partial charge >= 0.3 is 24.2 Å². The summed E-state index contributed by atoms with van der Waals surface area (Å²) in [6.45, 7) is 0. The molecule has 0 amide bonds. The van der Waals surface area contributed by atoms with Crippen molar-refractivity contribution >= 4 is 0 Å². The van der Waals surface area contributed by atoms with E-state index in [2.05, 4.69) is 0 Å². The van der Waals surface area contributed by atoms with Gasteiger partial charge in [-0.05, 0) is 12.8 Å². The minimum absolute atomic E-state index is 0.0291. The highest BCUT2D eigenvalue weighted by atomic mass is 19.4. The summed E-state index contributed by atoms with van der Waals surface area (Å²) in [5.74, 6) is -9.52. The Bertz CT molecular complexity index is 283. The van der Waals surface area contributed by atoms with Crippen molar-refractivity contribution in [1.29, 1.82) is 0 Å². The molecule has 0 saturated carbocycles. The van der Waals surface area contributed by atoms with Crippen molar-refractivity contribution < 1.29 is 43.9 Å². The van der Waals surface area contributed by atoms with E-state index in [4.69, 9.17) is 0 Å². The maximum Gasteiger partial charge on any atom is 0.453 e. The van der Waals surface area contributed by atoms with Crippen molar-refractivity contribution in [2.75, 3.05) is 0 Å². The molecular weight excluding hydrogens is 334 g/mol. The van der Waals surface area contributed by atoms with Gasteiger partial charge in [-0.25, -0.2) is 0 Å². The van der Waals surface area contributed by atoms with Gasteiger partial charge in [0, 0.05) is 12.8 Å². The number of hydrogen-bond donors (Lipinski definition) is 0. The van der Waals surface area contributed by atoms with Gasteiger partial charge in [0.15, 0.2) is 0 Å². The zero-order valence-electron chi connectivity index (χ0n) is 11.4. The first-order valence-corrected chi connectivity index (χ1v) is 6.60. The molecule has 0 unspecified atom stereocenters. The lowest BCUT2D eigenvalue weighted by Crippen LogP contribution is -2.36. The zero-order chi connectivity index (χ0) is 17.7. The molecule has 134 valence electrons. The van der Waals surface area contributed by atoms with Crippen LogP contribution in [0.15, 0.2) is 0 Å². The van der Waals surface area contributed by atoms with E-state index in [1.54, 1.807) is 0 Å². The van der Waals surface area contributed by atoms with Gasteiger partial charge in [-0.2, -0.15) is 43.9 Å². The second kappa shape index (κ2) is 7.72. The van der Waals surface area contributed by atoms with Gasteiger partial charge in [-0.1, -0.05) is 25.7 Å². The van der Waals surface area contributed by atoms with E-state index in [0.717, 1.165) is 0 Å². The Balaban J connectivity index is 3.73. The number of hydrogen-bond acceptors (Lipinski definition) is 0. The highest BCUT2D eigenvalue weighted by Crippen LogP contribution is 2.40. The fraction of sp³-hybridized carbons (Fsp3) is 1.00. The molecule has 0 spiro atoms. The molecule has 0 aliphatic carbocycles. The maximum atomic E-state index is 12.5. The van der Waals surface area contributed by atoms with Crippen LogP contribution in [-0.2, 0) is 0 Å². The van der Waals surface area contributed by atoms with Crippen molar-refractivity contribution in [1.82, 2.24) is 0 Å². The molecule has 0 aromatic rings. The molecule has 0 heterocycles. The molecule has 0 nitrogen and oxygen atoms in total. The number of unbranched alkanes of at least 4 members (excludes halogenated alkanes) is 5. The fourth-order valence-electron chi connectivity index (χ4n) is 1.68. The van der Waals surface area contributed by atoms with Crippen molar-refractivity contribution in [3.63, 3.8) is 0 Å².